The number of hydrogen-bond donors (Lipinski definition) is 12. The molecule has 0 saturated heterocycles. The zero-order chi connectivity index (χ0) is 96.2. The predicted octanol–water partition coefficient (Wildman–Crippen LogP) is 26.0. The van der Waals surface area contributed by atoms with E-state index in [9.17, 15) is 28.8 Å². The summed E-state index contributed by atoms with van der Waals surface area (Å²) in [5, 5.41) is 19.3. The van der Waals surface area contributed by atoms with E-state index in [2.05, 4.69) is 61.8 Å². The third kappa shape index (κ3) is 20.2. The molecule has 696 valence electrons. The van der Waals surface area contributed by atoms with Crippen molar-refractivity contribution in [2.75, 3.05) is 31.9 Å². The largest absolute Gasteiger partial charge is 2.00 e. The SMILES string of the molecule is CC(C)(C)C(=O)Nc1ccccc1-c1c2nc(c(-c3ncc[nH]3)c3nc(c(-c4ccccc4NC(=O)C(C)(C)C)c4ccc([nH]4)c(-c4ccccc4NC(=O)C(C)(C)C)c4ccc1[nH]4)C=C3)C=C2.CC(C)(C)C(=O)Nc1ccccc1-c1c2nc(c(-c3ncc[nH]3)c3nc(c(-c4ccccc4NC(=O)C(C)(C)C)c4ccc([nH]4)c(-c4ccccc4NC(=O)C(C)(C)C)c4ccc1[nH]4)C=C3)C=C2.[Fe+2].[Fe+2]. The molecule has 138 heavy (non-hydrogen) atoms. The maximum Gasteiger partial charge on any atom is 2.00 e. The number of benzene rings is 6. The quantitative estimate of drug-likeness (QED) is 0.0452. The summed E-state index contributed by atoms with van der Waals surface area (Å²) >= 11 is 0. The minimum Gasteiger partial charge on any atom is -0.354 e. The van der Waals surface area contributed by atoms with Gasteiger partial charge in [-0.25, -0.2) is 29.9 Å². The minimum atomic E-state index is -0.665. The Labute approximate surface area is 822 Å². The number of aromatic amines is 6. The van der Waals surface area contributed by atoms with Gasteiger partial charge in [0.05, 0.1) is 56.7 Å². The topological polar surface area (TPSA) is 347 Å². The number of carbonyl (C=O) groups is 6. The smallest absolute Gasteiger partial charge is 0.354 e. The molecule has 18 rings (SSSR count). The molecule has 4 aliphatic rings. The molecule has 0 aliphatic carbocycles. The van der Waals surface area contributed by atoms with Crippen LogP contribution in [0.5, 0.6) is 0 Å². The second-order valence-corrected chi connectivity index (χ2v) is 40.4. The van der Waals surface area contributed by atoms with Crippen LogP contribution in [0.3, 0.4) is 0 Å². The number of H-pyrrole nitrogens is 6. The van der Waals surface area contributed by atoms with Crippen LogP contribution in [0.2, 0.25) is 0 Å². The molecule has 0 fully saturated rings. The Morgan fingerprint density at radius 2 is 0.377 bits per heavy atom. The van der Waals surface area contributed by atoms with Gasteiger partial charge in [0.2, 0.25) is 35.4 Å². The van der Waals surface area contributed by atoms with Gasteiger partial charge in [0.15, 0.2) is 0 Å². The second kappa shape index (κ2) is 38.5. The number of nitrogens with one attached hydrogen (secondary N) is 12. The van der Waals surface area contributed by atoms with Gasteiger partial charge in [-0.3, -0.25) is 28.8 Å². The average Bonchev–Trinajstić information content (AvgIpc) is 1.60. The fourth-order valence-corrected chi connectivity index (χ4v) is 16.1. The van der Waals surface area contributed by atoms with Crippen LogP contribution in [-0.2, 0) is 62.9 Å². The Kier molecular flexibility index (Phi) is 27.2. The summed E-state index contributed by atoms with van der Waals surface area (Å²) in [6, 6.07) is 62.7. The van der Waals surface area contributed by atoms with E-state index in [1.54, 1.807) is 24.8 Å². The molecule has 12 heterocycles. The second-order valence-electron chi connectivity index (χ2n) is 40.4. The summed E-state index contributed by atoms with van der Waals surface area (Å²) in [5.41, 5.74) is 21.4. The molecule has 12 N–H and O–H groups in total. The fraction of sp³-hybridized carbons (Fsp3) is 0.214. The first kappa shape index (κ1) is 97.3. The van der Waals surface area contributed by atoms with Crippen LogP contribution in [0.15, 0.2) is 219 Å². The van der Waals surface area contributed by atoms with E-state index in [-0.39, 0.29) is 69.6 Å². The van der Waals surface area contributed by atoms with Crippen LogP contribution < -0.4 is 31.9 Å². The molecule has 16 bridgehead atoms. The molecule has 4 aliphatic heterocycles. The van der Waals surface area contributed by atoms with Gasteiger partial charge in [-0.05, 0) is 134 Å². The monoisotopic (exact) mass is 1910 g/mol. The number of nitrogens with zero attached hydrogens (tertiary/aromatic N) is 6. The number of rotatable bonds is 14. The van der Waals surface area contributed by atoms with Crippen LogP contribution in [-0.4, -0.2) is 95.3 Å². The van der Waals surface area contributed by atoms with Crippen LogP contribution in [0, 0.1) is 32.5 Å². The van der Waals surface area contributed by atoms with E-state index in [0.29, 0.717) is 102 Å². The predicted molar refractivity (Wildman–Crippen MR) is 554 cm³/mol. The molecule has 0 saturated carbocycles. The summed E-state index contributed by atoms with van der Waals surface area (Å²) in [4.78, 5) is 134. The van der Waals surface area contributed by atoms with Crippen molar-refractivity contribution in [3.8, 4) is 89.5 Å². The number of carbonyl (C=O) groups excluding carboxylic acids is 6. The van der Waals surface area contributed by atoms with Crippen LogP contribution in [0.1, 0.15) is 170 Å². The van der Waals surface area contributed by atoms with Crippen molar-refractivity contribution in [3.05, 3.63) is 264 Å². The molecule has 8 aromatic heterocycles. The molecule has 26 heteroatoms. The molecule has 24 nitrogen and oxygen atoms in total. The van der Waals surface area contributed by atoms with E-state index in [0.717, 1.165) is 111 Å². The molecule has 0 atom stereocenters. The van der Waals surface area contributed by atoms with Crippen molar-refractivity contribution in [2.45, 2.75) is 125 Å². The Bertz CT molecular complexity index is 6890. The van der Waals surface area contributed by atoms with Crippen LogP contribution >= 0.6 is 0 Å². The summed E-state index contributed by atoms with van der Waals surface area (Å²) < 4.78 is 0. The fourth-order valence-electron chi connectivity index (χ4n) is 16.1. The van der Waals surface area contributed by atoms with Crippen molar-refractivity contribution in [3.63, 3.8) is 0 Å². The standard InChI is InChI=1S/2C56H55N9O3.2Fe/c2*1-54(2,3)51(66)63-35-19-13-10-16-32(35)46-38-22-24-40(59-38)47(33-17-11-14-20-36(33)64-52(67)55(4,5)6)42-26-28-44(61-42)49(50-57-30-31-58-50)45-29-27-43(62-45)48(41-25-23-39(46)60-41)34-18-12-15-21-37(34)65-53(68)56(7,8)9;;/h2*10-31,59-60H,1-9H3,(H,57,58)(H,63,66)(H,64,67)(H,65,68);;/q;;2*+2. The third-order valence-electron chi connectivity index (χ3n) is 23.7. The molecule has 6 aromatic carbocycles. The third-order valence-corrected chi connectivity index (χ3v) is 23.7. The first-order chi connectivity index (χ1) is 64.7. The summed E-state index contributed by atoms with van der Waals surface area (Å²) in [7, 11) is 0. The summed E-state index contributed by atoms with van der Waals surface area (Å²) in [5.74, 6) is 0.391. The molecule has 0 spiro atoms. The number of hydrogen-bond acceptors (Lipinski definition) is 12. The van der Waals surface area contributed by atoms with Crippen molar-refractivity contribution in [2.24, 2.45) is 32.5 Å². The zero-order valence-electron chi connectivity index (χ0n) is 80.2. The maximum atomic E-state index is 13.7. The van der Waals surface area contributed by atoms with Crippen molar-refractivity contribution in [1.82, 2.24) is 59.8 Å². The van der Waals surface area contributed by atoms with Gasteiger partial charge in [0.25, 0.3) is 0 Å². The van der Waals surface area contributed by atoms with Gasteiger partial charge >= 0.3 is 34.1 Å². The first-order valence-electron chi connectivity index (χ1n) is 45.5. The molecular weight excluding hydrogens is 1810 g/mol. The van der Waals surface area contributed by atoms with E-state index >= 15 is 0 Å². The average molecular weight is 1920 g/mol. The number of para-hydroxylation sites is 6. The Morgan fingerprint density at radius 3 is 0.543 bits per heavy atom. The van der Waals surface area contributed by atoms with Gasteiger partial charge in [0, 0.05) is 202 Å². The zero-order valence-corrected chi connectivity index (χ0v) is 82.5. The van der Waals surface area contributed by atoms with Crippen molar-refractivity contribution in [1.29, 1.82) is 0 Å². The Morgan fingerprint density at radius 1 is 0.217 bits per heavy atom. The first-order valence-corrected chi connectivity index (χ1v) is 45.5. The van der Waals surface area contributed by atoms with E-state index in [1.165, 1.54) is 0 Å². The van der Waals surface area contributed by atoms with Gasteiger partial charge in [-0.1, -0.05) is 234 Å². The normalized spacial score (nSPS) is 12.4. The Balaban J connectivity index is 0.000000206. The minimum absolute atomic E-state index is 0. The van der Waals surface area contributed by atoms with Gasteiger partial charge in [-0.2, -0.15) is 0 Å². The molecule has 14 aromatic rings. The number of imidazole rings is 2. The summed E-state index contributed by atoms with van der Waals surface area (Å²) in [6.07, 6.45) is 22.7. The number of aromatic nitrogens is 12. The molecule has 6 amide bonds. The van der Waals surface area contributed by atoms with Gasteiger partial charge in [0.1, 0.15) is 11.6 Å². The van der Waals surface area contributed by atoms with Crippen molar-refractivity contribution >= 4 is 162 Å². The van der Waals surface area contributed by atoms with Crippen molar-refractivity contribution < 1.29 is 62.9 Å². The molecular formula is C112H110Fe2N18O6+4. The molecule has 0 radical (unpaired) electrons. The molecule has 0 unspecified atom stereocenters. The number of fused-ring (bicyclic) bond motifs is 16. The van der Waals surface area contributed by atoms with Crippen LogP contribution in [0.25, 0.3) is 182 Å². The van der Waals surface area contributed by atoms with Gasteiger partial charge in [-0.15, -0.1) is 0 Å². The van der Waals surface area contributed by atoms with E-state index in [1.807, 2.05) is 367 Å². The Hall–Kier alpha value is -15.2. The van der Waals surface area contributed by atoms with Gasteiger partial charge < -0.3 is 61.8 Å². The van der Waals surface area contributed by atoms with E-state index < -0.39 is 32.5 Å². The maximum absolute atomic E-state index is 13.7. The van der Waals surface area contributed by atoms with E-state index in [4.69, 9.17) is 29.9 Å². The number of anilines is 6. The van der Waals surface area contributed by atoms with Crippen LogP contribution in [0.4, 0.5) is 34.1 Å². The number of amides is 6. The summed E-state index contributed by atoms with van der Waals surface area (Å²) in [6.45, 7) is 34.0.